The largest absolute Gasteiger partial charge is 0.352 e. The highest BCUT2D eigenvalue weighted by molar-refractivity contribution is 5.83. The number of benzene rings is 2. The summed E-state index contributed by atoms with van der Waals surface area (Å²) in [5, 5.41) is 6.80. The Morgan fingerprint density at radius 1 is 0.960 bits per heavy atom. The molecule has 1 aliphatic carbocycles. The number of carbonyl (C=O) groups excluding carboxylic acids is 1. The van der Waals surface area contributed by atoms with E-state index in [1.54, 1.807) is 0 Å². The number of carbonyl (C=O) groups is 1. The lowest BCUT2D eigenvalue weighted by Crippen LogP contribution is -2.40. The second kappa shape index (κ2) is 8.30. The molecule has 0 spiro atoms. The standard InChI is InChI=1S/C22H28N2O/c1-16(2)15-20(17-9-5-3-6-10-17)24-21(18-11-7-4-8-12-18)22(25)23-19-13-14-19/h3-12,16,19-21,24H,13-15H2,1-2H3,(H,23,25)/t20-,21-/m1/s1. The topological polar surface area (TPSA) is 41.1 Å². The number of rotatable bonds is 8. The Bertz CT molecular complexity index is 665. The fraction of sp³-hybridized carbons (Fsp3) is 0.409. The minimum atomic E-state index is -0.328. The van der Waals surface area contributed by atoms with Crippen molar-refractivity contribution in [3.63, 3.8) is 0 Å². The van der Waals surface area contributed by atoms with Crippen molar-refractivity contribution in [2.75, 3.05) is 0 Å². The molecule has 0 radical (unpaired) electrons. The van der Waals surface area contributed by atoms with Crippen LogP contribution in [0.25, 0.3) is 0 Å². The molecule has 0 bridgehead atoms. The zero-order chi connectivity index (χ0) is 17.6. The van der Waals surface area contributed by atoms with Gasteiger partial charge in [-0.05, 0) is 36.3 Å². The van der Waals surface area contributed by atoms with Crippen molar-refractivity contribution in [1.82, 2.24) is 10.6 Å². The van der Waals surface area contributed by atoms with E-state index in [-0.39, 0.29) is 18.0 Å². The van der Waals surface area contributed by atoms with Crippen molar-refractivity contribution < 1.29 is 4.79 Å². The van der Waals surface area contributed by atoms with Crippen LogP contribution in [0.4, 0.5) is 0 Å². The Hall–Kier alpha value is -2.13. The summed E-state index contributed by atoms with van der Waals surface area (Å²) in [5.74, 6) is 0.624. The fourth-order valence-corrected chi connectivity index (χ4v) is 3.14. The summed E-state index contributed by atoms with van der Waals surface area (Å²) in [6.07, 6.45) is 3.19. The molecular weight excluding hydrogens is 308 g/mol. The lowest BCUT2D eigenvalue weighted by atomic mass is 9.95. The van der Waals surface area contributed by atoms with Gasteiger partial charge >= 0.3 is 0 Å². The highest BCUT2D eigenvalue weighted by Gasteiger charge is 2.30. The third-order valence-corrected chi connectivity index (χ3v) is 4.60. The molecule has 1 amide bonds. The van der Waals surface area contributed by atoms with Gasteiger partial charge in [-0.2, -0.15) is 0 Å². The Morgan fingerprint density at radius 3 is 2.04 bits per heavy atom. The van der Waals surface area contributed by atoms with Crippen LogP contribution in [-0.4, -0.2) is 11.9 Å². The van der Waals surface area contributed by atoms with Gasteiger partial charge in [0.05, 0.1) is 0 Å². The van der Waals surface area contributed by atoms with Gasteiger partial charge in [-0.25, -0.2) is 0 Å². The van der Waals surface area contributed by atoms with Gasteiger partial charge in [0.25, 0.3) is 0 Å². The van der Waals surface area contributed by atoms with Crippen molar-refractivity contribution in [3.8, 4) is 0 Å². The molecule has 2 N–H and O–H groups in total. The van der Waals surface area contributed by atoms with Crippen molar-refractivity contribution in [2.45, 2.75) is 51.2 Å². The number of hydrogen-bond acceptors (Lipinski definition) is 2. The average molecular weight is 336 g/mol. The quantitative estimate of drug-likeness (QED) is 0.751. The molecule has 25 heavy (non-hydrogen) atoms. The van der Waals surface area contributed by atoms with Crippen molar-refractivity contribution in [3.05, 3.63) is 71.8 Å². The molecule has 0 saturated heterocycles. The van der Waals surface area contributed by atoms with Gasteiger partial charge < -0.3 is 5.32 Å². The molecule has 0 heterocycles. The molecule has 1 aliphatic rings. The maximum absolute atomic E-state index is 12.9. The lowest BCUT2D eigenvalue weighted by molar-refractivity contribution is -0.123. The normalized spacial score (nSPS) is 16.4. The predicted molar refractivity (Wildman–Crippen MR) is 102 cm³/mol. The minimum absolute atomic E-state index is 0.0818. The summed E-state index contributed by atoms with van der Waals surface area (Å²) in [6.45, 7) is 4.44. The van der Waals surface area contributed by atoms with Crippen molar-refractivity contribution >= 4 is 5.91 Å². The summed E-state index contributed by atoms with van der Waals surface area (Å²) in [6, 6.07) is 20.7. The van der Waals surface area contributed by atoms with Gasteiger partial charge in [-0.1, -0.05) is 74.5 Å². The van der Waals surface area contributed by atoms with Crippen LogP contribution in [0.5, 0.6) is 0 Å². The maximum atomic E-state index is 12.9. The first-order valence-corrected chi connectivity index (χ1v) is 9.30. The zero-order valence-electron chi connectivity index (χ0n) is 15.1. The smallest absolute Gasteiger partial charge is 0.241 e. The van der Waals surface area contributed by atoms with Gasteiger partial charge in [0.2, 0.25) is 5.91 Å². The summed E-state index contributed by atoms with van der Waals surface area (Å²) in [7, 11) is 0. The van der Waals surface area contributed by atoms with Crippen LogP contribution in [0.2, 0.25) is 0 Å². The van der Waals surface area contributed by atoms with Crippen LogP contribution in [0.3, 0.4) is 0 Å². The van der Waals surface area contributed by atoms with Crippen molar-refractivity contribution in [2.24, 2.45) is 5.92 Å². The Balaban J connectivity index is 1.84. The SMILES string of the molecule is CC(C)C[C@@H](N[C@@H](C(=O)NC1CC1)c1ccccc1)c1ccccc1. The minimum Gasteiger partial charge on any atom is -0.352 e. The Kier molecular flexibility index (Phi) is 5.87. The van der Waals surface area contributed by atoms with Gasteiger partial charge in [0, 0.05) is 12.1 Å². The molecular formula is C22H28N2O. The van der Waals surface area contributed by atoms with E-state index in [1.807, 2.05) is 36.4 Å². The Labute approximate surface area is 150 Å². The maximum Gasteiger partial charge on any atom is 0.241 e. The first kappa shape index (κ1) is 17.7. The molecule has 3 nitrogen and oxygen atoms in total. The molecule has 0 aliphatic heterocycles. The van der Waals surface area contributed by atoms with Crippen molar-refractivity contribution in [1.29, 1.82) is 0 Å². The van der Waals surface area contributed by atoms with Gasteiger partial charge in [-0.15, -0.1) is 0 Å². The first-order valence-electron chi connectivity index (χ1n) is 9.30. The fourth-order valence-electron chi connectivity index (χ4n) is 3.14. The van der Waals surface area contributed by atoms with Crippen LogP contribution in [-0.2, 0) is 4.79 Å². The van der Waals surface area contributed by atoms with E-state index in [0.29, 0.717) is 12.0 Å². The molecule has 1 fully saturated rings. The van der Waals surface area contributed by atoms with E-state index in [9.17, 15) is 4.79 Å². The molecule has 3 rings (SSSR count). The average Bonchev–Trinajstić information content (AvgIpc) is 3.43. The van der Waals surface area contributed by atoms with E-state index in [4.69, 9.17) is 0 Å². The monoisotopic (exact) mass is 336 g/mol. The van der Waals surface area contributed by atoms with Gasteiger partial charge in [-0.3, -0.25) is 10.1 Å². The lowest BCUT2D eigenvalue weighted by Gasteiger charge is -2.27. The van der Waals surface area contributed by atoms with E-state index < -0.39 is 0 Å². The summed E-state index contributed by atoms with van der Waals surface area (Å²) in [4.78, 5) is 12.9. The van der Waals surface area contributed by atoms with Gasteiger partial charge in [0.1, 0.15) is 6.04 Å². The van der Waals surface area contributed by atoms with Gasteiger partial charge in [0.15, 0.2) is 0 Å². The van der Waals surface area contributed by atoms with E-state index in [2.05, 4.69) is 48.7 Å². The molecule has 2 atom stereocenters. The van der Waals surface area contributed by atoms with Crippen LogP contribution in [0.15, 0.2) is 60.7 Å². The second-order valence-electron chi connectivity index (χ2n) is 7.39. The third-order valence-electron chi connectivity index (χ3n) is 4.60. The number of amides is 1. The highest BCUT2D eigenvalue weighted by atomic mass is 16.2. The summed E-state index contributed by atoms with van der Waals surface area (Å²) in [5.41, 5.74) is 2.25. The third kappa shape index (κ3) is 5.17. The summed E-state index contributed by atoms with van der Waals surface area (Å²) < 4.78 is 0. The molecule has 2 aromatic rings. The predicted octanol–water partition coefficient (Wildman–Crippen LogP) is 4.38. The highest BCUT2D eigenvalue weighted by Crippen LogP contribution is 2.27. The Morgan fingerprint density at radius 2 is 1.52 bits per heavy atom. The first-order chi connectivity index (χ1) is 12.1. The molecule has 1 saturated carbocycles. The molecule has 2 aromatic carbocycles. The molecule has 0 aromatic heterocycles. The summed E-state index contributed by atoms with van der Waals surface area (Å²) >= 11 is 0. The molecule has 0 unspecified atom stereocenters. The van der Waals surface area contributed by atoms with Crippen LogP contribution < -0.4 is 10.6 Å². The molecule has 132 valence electrons. The number of hydrogen-bond donors (Lipinski definition) is 2. The van der Waals surface area contributed by atoms with Crippen LogP contribution >= 0.6 is 0 Å². The zero-order valence-corrected chi connectivity index (χ0v) is 15.1. The van der Waals surface area contributed by atoms with E-state index >= 15 is 0 Å². The van der Waals surface area contributed by atoms with Crippen LogP contribution in [0, 0.1) is 5.92 Å². The number of nitrogens with one attached hydrogen (secondary N) is 2. The van der Waals surface area contributed by atoms with E-state index in [1.165, 1.54) is 5.56 Å². The second-order valence-corrected chi connectivity index (χ2v) is 7.39. The van der Waals surface area contributed by atoms with E-state index in [0.717, 1.165) is 24.8 Å². The van der Waals surface area contributed by atoms with Crippen LogP contribution in [0.1, 0.15) is 56.3 Å². The molecule has 3 heteroatoms.